The summed E-state index contributed by atoms with van der Waals surface area (Å²) in [5, 5.41) is 26.5. The van der Waals surface area contributed by atoms with Crippen molar-refractivity contribution in [2.24, 2.45) is 11.7 Å². The van der Waals surface area contributed by atoms with Gasteiger partial charge in [0.2, 0.25) is 17.7 Å². The van der Waals surface area contributed by atoms with Gasteiger partial charge in [-0.05, 0) is 12.8 Å². The predicted molar refractivity (Wildman–Crippen MR) is 119 cm³/mol. The van der Waals surface area contributed by atoms with Gasteiger partial charge in [0.25, 0.3) is 0 Å². The van der Waals surface area contributed by atoms with E-state index in [1.54, 1.807) is 6.92 Å². The van der Waals surface area contributed by atoms with Gasteiger partial charge in [0.1, 0.15) is 18.1 Å². The maximum absolute atomic E-state index is 12.6. The number of aromatic nitrogens is 2. The van der Waals surface area contributed by atoms with E-state index in [-0.39, 0.29) is 18.1 Å². The lowest BCUT2D eigenvalue weighted by atomic mass is 9.99. The maximum atomic E-state index is 12.6. The van der Waals surface area contributed by atoms with Crippen molar-refractivity contribution < 1.29 is 29.4 Å². The Bertz CT molecular complexity index is 774. The first-order chi connectivity index (χ1) is 15.0. The number of nitrogens with zero attached hydrogens (tertiary/aromatic N) is 1. The lowest BCUT2D eigenvalue weighted by Gasteiger charge is -2.26. The molecule has 0 bridgehead atoms. The number of hydrogen-bond acceptors (Lipinski definition) is 8. The molecule has 1 heterocycles. The molecule has 13 heteroatoms. The number of nitrogens with one attached hydrogen (secondary N) is 4. The van der Waals surface area contributed by atoms with Gasteiger partial charge in [-0.1, -0.05) is 20.3 Å². The summed E-state index contributed by atoms with van der Waals surface area (Å²) < 4.78 is 0. The topological polar surface area (TPSA) is 200 Å². The third-order valence-electron chi connectivity index (χ3n) is 5.03. The Hall–Kier alpha value is -2.64. The summed E-state index contributed by atoms with van der Waals surface area (Å²) in [6.45, 7) is 4.95. The average molecular weight is 473 g/mol. The number of carboxylic acids is 1. The van der Waals surface area contributed by atoms with E-state index in [9.17, 15) is 29.4 Å². The summed E-state index contributed by atoms with van der Waals surface area (Å²) in [5.41, 5.74) is 6.35. The molecular weight excluding hydrogens is 440 g/mol. The number of carbonyl (C=O) groups excluding carboxylic acids is 3. The SMILES string of the molecule is CCC(C)C(N)C(=O)NC(CS)C(=O)NC(C(=O)NC(Cc1cnc[nH]1)C(=O)O)C(C)O. The first kappa shape index (κ1) is 27.4. The third-order valence-corrected chi connectivity index (χ3v) is 5.40. The molecule has 6 unspecified atom stereocenters. The number of aliphatic hydroxyl groups excluding tert-OH is 1. The molecule has 32 heavy (non-hydrogen) atoms. The van der Waals surface area contributed by atoms with Crippen LogP contribution in [-0.4, -0.2) is 79.9 Å². The number of thiol groups is 1. The van der Waals surface area contributed by atoms with Gasteiger partial charge in [-0.25, -0.2) is 9.78 Å². The Balaban J connectivity index is 2.84. The molecule has 1 aromatic heterocycles. The molecule has 180 valence electrons. The van der Waals surface area contributed by atoms with Gasteiger partial charge in [0.05, 0.1) is 18.5 Å². The van der Waals surface area contributed by atoms with Crippen molar-refractivity contribution in [3.8, 4) is 0 Å². The van der Waals surface area contributed by atoms with Crippen LogP contribution >= 0.6 is 12.6 Å². The van der Waals surface area contributed by atoms with Crippen molar-refractivity contribution in [1.82, 2.24) is 25.9 Å². The van der Waals surface area contributed by atoms with Crippen molar-refractivity contribution in [2.75, 3.05) is 5.75 Å². The normalized spacial score (nSPS) is 16.7. The fourth-order valence-corrected chi connectivity index (χ4v) is 2.97. The highest BCUT2D eigenvalue weighted by molar-refractivity contribution is 7.80. The fourth-order valence-electron chi connectivity index (χ4n) is 2.71. The molecule has 1 aromatic rings. The number of amides is 3. The molecule has 3 amide bonds. The first-order valence-corrected chi connectivity index (χ1v) is 10.8. The molecule has 12 nitrogen and oxygen atoms in total. The lowest BCUT2D eigenvalue weighted by Crippen LogP contribution is -2.60. The van der Waals surface area contributed by atoms with Gasteiger partial charge < -0.3 is 36.9 Å². The van der Waals surface area contributed by atoms with Gasteiger partial charge in [-0.3, -0.25) is 14.4 Å². The van der Waals surface area contributed by atoms with E-state index in [0.29, 0.717) is 12.1 Å². The molecule has 0 aliphatic heterocycles. The van der Waals surface area contributed by atoms with Crippen LogP contribution in [0.4, 0.5) is 0 Å². The number of carboxylic acid groups (broad SMARTS) is 1. The fraction of sp³-hybridized carbons (Fsp3) is 0.632. The highest BCUT2D eigenvalue weighted by Gasteiger charge is 2.33. The largest absolute Gasteiger partial charge is 0.480 e. The minimum Gasteiger partial charge on any atom is -0.480 e. The van der Waals surface area contributed by atoms with Crippen LogP contribution in [0.5, 0.6) is 0 Å². The number of aliphatic carboxylic acids is 1. The van der Waals surface area contributed by atoms with Crippen LogP contribution in [-0.2, 0) is 25.6 Å². The van der Waals surface area contributed by atoms with E-state index < -0.39 is 54.0 Å². The number of hydrogen-bond donors (Lipinski definition) is 8. The Kier molecular flexibility index (Phi) is 11.2. The van der Waals surface area contributed by atoms with Crippen LogP contribution in [0.25, 0.3) is 0 Å². The van der Waals surface area contributed by atoms with E-state index in [0.717, 1.165) is 0 Å². The quantitative estimate of drug-likeness (QED) is 0.153. The summed E-state index contributed by atoms with van der Waals surface area (Å²) in [6, 6.07) is -4.73. The molecule has 6 atom stereocenters. The number of nitrogens with two attached hydrogens (primary N) is 1. The van der Waals surface area contributed by atoms with Crippen molar-refractivity contribution in [3.05, 3.63) is 18.2 Å². The van der Waals surface area contributed by atoms with Gasteiger partial charge >= 0.3 is 5.97 Å². The summed E-state index contributed by atoms with van der Waals surface area (Å²) in [4.78, 5) is 55.6. The maximum Gasteiger partial charge on any atom is 0.326 e. The molecule has 0 radical (unpaired) electrons. The van der Waals surface area contributed by atoms with E-state index in [4.69, 9.17) is 5.73 Å². The minimum absolute atomic E-state index is 0.0790. The molecule has 0 saturated heterocycles. The van der Waals surface area contributed by atoms with E-state index in [1.807, 2.05) is 6.92 Å². The molecular formula is C19H32N6O6S. The summed E-state index contributed by atoms with van der Waals surface area (Å²) >= 11 is 4.06. The zero-order valence-corrected chi connectivity index (χ0v) is 19.1. The number of imidazole rings is 1. The van der Waals surface area contributed by atoms with Crippen LogP contribution in [0, 0.1) is 5.92 Å². The van der Waals surface area contributed by atoms with E-state index >= 15 is 0 Å². The highest BCUT2D eigenvalue weighted by atomic mass is 32.1. The second-order valence-corrected chi connectivity index (χ2v) is 7.93. The van der Waals surface area contributed by atoms with E-state index in [1.165, 1.54) is 19.4 Å². The van der Waals surface area contributed by atoms with Gasteiger partial charge in [0.15, 0.2) is 0 Å². The molecule has 0 spiro atoms. The smallest absolute Gasteiger partial charge is 0.326 e. The second-order valence-electron chi connectivity index (χ2n) is 7.56. The van der Waals surface area contributed by atoms with Gasteiger partial charge in [0, 0.05) is 24.1 Å². The van der Waals surface area contributed by atoms with Gasteiger partial charge in [-0.15, -0.1) is 0 Å². The molecule has 0 saturated carbocycles. The Morgan fingerprint density at radius 3 is 2.22 bits per heavy atom. The number of carbonyl (C=O) groups is 4. The molecule has 0 fully saturated rings. The first-order valence-electron chi connectivity index (χ1n) is 10.2. The molecule has 1 rings (SSSR count). The second kappa shape index (κ2) is 13.0. The van der Waals surface area contributed by atoms with E-state index in [2.05, 4.69) is 38.5 Å². The van der Waals surface area contributed by atoms with Crippen molar-refractivity contribution in [1.29, 1.82) is 0 Å². The Morgan fingerprint density at radius 2 is 1.75 bits per heavy atom. The average Bonchev–Trinajstić information content (AvgIpc) is 3.26. The van der Waals surface area contributed by atoms with Crippen LogP contribution < -0.4 is 21.7 Å². The van der Waals surface area contributed by atoms with Crippen molar-refractivity contribution >= 4 is 36.3 Å². The van der Waals surface area contributed by atoms with Crippen LogP contribution in [0.3, 0.4) is 0 Å². The summed E-state index contributed by atoms with van der Waals surface area (Å²) in [5.74, 6) is -3.72. The Labute approximate surface area is 191 Å². The van der Waals surface area contributed by atoms with Crippen LogP contribution in [0.1, 0.15) is 32.9 Å². The zero-order valence-electron chi connectivity index (χ0n) is 18.2. The number of rotatable bonds is 13. The monoisotopic (exact) mass is 472 g/mol. The summed E-state index contributed by atoms with van der Waals surface area (Å²) in [7, 11) is 0. The molecule has 0 aliphatic carbocycles. The molecule has 8 N–H and O–H groups in total. The summed E-state index contributed by atoms with van der Waals surface area (Å²) in [6.07, 6.45) is 2.03. The van der Waals surface area contributed by atoms with Crippen molar-refractivity contribution in [3.63, 3.8) is 0 Å². The predicted octanol–water partition coefficient (Wildman–Crippen LogP) is -1.82. The van der Waals surface area contributed by atoms with Crippen LogP contribution in [0.15, 0.2) is 12.5 Å². The number of aromatic amines is 1. The number of aliphatic hydroxyl groups is 1. The van der Waals surface area contributed by atoms with Gasteiger partial charge in [-0.2, -0.15) is 12.6 Å². The Morgan fingerprint density at radius 1 is 1.12 bits per heavy atom. The van der Waals surface area contributed by atoms with Crippen LogP contribution in [0.2, 0.25) is 0 Å². The minimum atomic E-state index is -1.46. The standard InChI is InChI=1S/C19H32N6O6S/c1-4-9(2)14(20)17(28)24-13(7-32)16(27)25-15(10(3)26)18(29)23-12(19(30)31)5-11-6-21-8-22-11/h6,8-10,12-15,26,32H,4-5,7,20H2,1-3H3,(H,21,22)(H,23,29)(H,24,28)(H,25,27)(H,30,31). The van der Waals surface area contributed by atoms with Crippen molar-refractivity contribution in [2.45, 2.75) is 63.9 Å². The zero-order chi connectivity index (χ0) is 24.4. The number of H-pyrrole nitrogens is 1. The lowest BCUT2D eigenvalue weighted by molar-refractivity contribution is -0.143. The third kappa shape index (κ3) is 8.13. The molecule has 0 aromatic carbocycles. The molecule has 0 aliphatic rings. The highest BCUT2D eigenvalue weighted by Crippen LogP contribution is 2.06.